The smallest absolute Gasteiger partial charge is 0.233 e. The number of hydrogen-bond acceptors (Lipinski definition) is 2. The van der Waals surface area contributed by atoms with Gasteiger partial charge in [-0.3, -0.25) is 9.59 Å². The number of rotatable bonds is 6. The number of carbonyl (C=O) groups is 2. The van der Waals surface area contributed by atoms with E-state index < -0.39 is 0 Å². The van der Waals surface area contributed by atoms with E-state index in [1.165, 1.54) is 12.1 Å². The number of anilines is 1. The molecule has 0 fully saturated rings. The van der Waals surface area contributed by atoms with Crippen molar-refractivity contribution in [3.8, 4) is 0 Å². The molecule has 0 unspecified atom stereocenters. The summed E-state index contributed by atoms with van der Waals surface area (Å²) < 4.78 is 12.8. The maximum absolute atomic E-state index is 12.8. The molecule has 0 aliphatic heterocycles. The summed E-state index contributed by atoms with van der Waals surface area (Å²) in [5.74, 6) is -1.04. The summed E-state index contributed by atoms with van der Waals surface area (Å²) in [7, 11) is 0. The molecule has 2 rings (SSSR count). The maximum atomic E-state index is 12.8. The van der Waals surface area contributed by atoms with E-state index in [1.54, 1.807) is 30.3 Å². The van der Waals surface area contributed by atoms with Crippen molar-refractivity contribution in [2.45, 2.75) is 19.8 Å². The van der Waals surface area contributed by atoms with Crippen LogP contribution in [0.25, 0.3) is 0 Å². The third-order valence-corrected chi connectivity index (χ3v) is 3.67. The van der Waals surface area contributed by atoms with Gasteiger partial charge in [-0.05, 0) is 54.8 Å². The number of nitrogens with one attached hydrogen (secondary N) is 2. The summed E-state index contributed by atoms with van der Waals surface area (Å²) in [6.45, 7) is 2.21. The van der Waals surface area contributed by atoms with E-state index in [2.05, 4.69) is 10.6 Å². The number of benzene rings is 2. The summed E-state index contributed by atoms with van der Waals surface area (Å²) in [5, 5.41) is 5.94. The fourth-order valence-electron chi connectivity index (χ4n) is 2.17. The van der Waals surface area contributed by atoms with Gasteiger partial charge >= 0.3 is 0 Å². The van der Waals surface area contributed by atoms with Gasteiger partial charge in [-0.15, -0.1) is 0 Å². The first-order valence-electron chi connectivity index (χ1n) is 7.51. The molecule has 0 saturated carbocycles. The van der Waals surface area contributed by atoms with Crippen molar-refractivity contribution in [1.82, 2.24) is 5.32 Å². The Morgan fingerprint density at radius 1 is 1.08 bits per heavy atom. The number of amides is 2. The molecule has 0 aliphatic carbocycles. The van der Waals surface area contributed by atoms with Crippen LogP contribution in [0.2, 0.25) is 5.02 Å². The number of hydrogen-bond donors (Lipinski definition) is 2. The minimum absolute atomic E-state index is 0.258. The van der Waals surface area contributed by atoms with E-state index >= 15 is 0 Å². The van der Waals surface area contributed by atoms with Crippen LogP contribution in [-0.2, 0) is 16.0 Å². The molecule has 0 saturated heterocycles. The largest absolute Gasteiger partial charge is 0.355 e. The lowest BCUT2D eigenvalue weighted by Crippen LogP contribution is -2.29. The van der Waals surface area contributed by atoms with Crippen LogP contribution in [0, 0.1) is 12.7 Å². The summed E-state index contributed by atoms with van der Waals surface area (Å²) >= 11 is 5.86. The molecular formula is C18H18ClFN2O2. The second kappa shape index (κ2) is 8.45. The predicted molar refractivity (Wildman–Crippen MR) is 92.5 cm³/mol. The molecule has 0 bridgehead atoms. The van der Waals surface area contributed by atoms with Gasteiger partial charge in [-0.1, -0.05) is 23.7 Å². The highest BCUT2D eigenvalue weighted by atomic mass is 35.5. The molecule has 4 nitrogen and oxygen atoms in total. The Labute approximate surface area is 145 Å². The SMILES string of the molecule is Cc1cc(Cl)ccc1NC(=O)CC(=O)NCCc1ccc(F)cc1. The number of aryl methyl sites for hydroxylation is 1. The van der Waals surface area contributed by atoms with Crippen molar-refractivity contribution in [2.24, 2.45) is 0 Å². The van der Waals surface area contributed by atoms with Crippen LogP contribution in [0.3, 0.4) is 0 Å². The summed E-state index contributed by atoms with van der Waals surface area (Å²) in [5.41, 5.74) is 2.37. The van der Waals surface area contributed by atoms with Gasteiger partial charge in [0.05, 0.1) is 0 Å². The topological polar surface area (TPSA) is 58.2 Å². The predicted octanol–water partition coefficient (Wildman–Crippen LogP) is 3.48. The van der Waals surface area contributed by atoms with Crippen LogP contribution in [-0.4, -0.2) is 18.4 Å². The highest BCUT2D eigenvalue weighted by Gasteiger charge is 2.10. The Morgan fingerprint density at radius 3 is 2.46 bits per heavy atom. The summed E-state index contributed by atoms with van der Waals surface area (Å²) in [4.78, 5) is 23.7. The van der Waals surface area contributed by atoms with Crippen LogP contribution in [0.5, 0.6) is 0 Å². The Bertz CT molecular complexity index is 732. The van der Waals surface area contributed by atoms with Crippen molar-refractivity contribution < 1.29 is 14.0 Å². The molecule has 2 amide bonds. The Morgan fingerprint density at radius 2 is 1.79 bits per heavy atom. The number of halogens is 2. The second-order valence-corrected chi connectivity index (χ2v) is 5.85. The molecule has 2 N–H and O–H groups in total. The zero-order valence-electron chi connectivity index (χ0n) is 13.2. The molecule has 0 spiro atoms. The fraction of sp³-hybridized carbons (Fsp3) is 0.222. The van der Waals surface area contributed by atoms with E-state index in [-0.39, 0.29) is 24.1 Å². The molecule has 0 heterocycles. The lowest BCUT2D eigenvalue weighted by Gasteiger charge is -2.09. The van der Waals surface area contributed by atoms with E-state index in [9.17, 15) is 14.0 Å². The molecule has 0 atom stereocenters. The van der Waals surface area contributed by atoms with Gasteiger partial charge in [-0.25, -0.2) is 4.39 Å². The van der Waals surface area contributed by atoms with Crippen LogP contribution in [0.4, 0.5) is 10.1 Å². The van der Waals surface area contributed by atoms with Gasteiger partial charge in [0.2, 0.25) is 11.8 Å². The fourth-order valence-corrected chi connectivity index (χ4v) is 2.39. The standard InChI is InChI=1S/C18H18ClFN2O2/c1-12-10-14(19)4-7-16(12)22-18(24)11-17(23)21-9-8-13-2-5-15(20)6-3-13/h2-7,10H,8-9,11H2,1H3,(H,21,23)(H,22,24). The molecule has 0 radical (unpaired) electrons. The third-order valence-electron chi connectivity index (χ3n) is 3.43. The summed E-state index contributed by atoms with van der Waals surface area (Å²) in [6.07, 6.45) is 0.315. The van der Waals surface area contributed by atoms with Gasteiger partial charge < -0.3 is 10.6 Å². The van der Waals surface area contributed by atoms with Gasteiger partial charge in [0.1, 0.15) is 12.2 Å². The van der Waals surface area contributed by atoms with E-state index in [0.717, 1.165) is 11.1 Å². The maximum Gasteiger partial charge on any atom is 0.233 e. The molecule has 0 aliphatic rings. The first-order chi connectivity index (χ1) is 11.4. The Hall–Kier alpha value is -2.40. The molecule has 0 aromatic heterocycles. The highest BCUT2D eigenvalue weighted by Crippen LogP contribution is 2.19. The van der Waals surface area contributed by atoms with Gasteiger partial charge in [-0.2, -0.15) is 0 Å². The van der Waals surface area contributed by atoms with Crippen molar-refractivity contribution in [3.05, 3.63) is 64.4 Å². The van der Waals surface area contributed by atoms with Gasteiger partial charge in [0.25, 0.3) is 0 Å². The molecule has 24 heavy (non-hydrogen) atoms. The van der Waals surface area contributed by atoms with Crippen molar-refractivity contribution in [3.63, 3.8) is 0 Å². The average Bonchev–Trinajstić information content (AvgIpc) is 2.52. The quantitative estimate of drug-likeness (QED) is 0.785. The van der Waals surface area contributed by atoms with Crippen molar-refractivity contribution in [2.75, 3.05) is 11.9 Å². The first kappa shape index (κ1) is 17.9. The average molecular weight is 349 g/mol. The molecular weight excluding hydrogens is 331 g/mol. The molecule has 126 valence electrons. The highest BCUT2D eigenvalue weighted by molar-refractivity contribution is 6.30. The monoisotopic (exact) mass is 348 g/mol. The minimum atomic E-state index is -0.389. The lowest BCUT2D eigenvalue weighted by atomic mass is 10.1. The molecule has 2 aromatic carbocycles. The number of carbonyl (C=O) groups excluding carboxylic acids is 2. The Balaban J connectivity index is 1.75. The molecule has 6 heteroatoms. The first-order valence-corrected chi connectivity index (χ1v) is 7.89. The van der Waals surface area contributed by atoms with Crippen LogP contribution in [0.15, 0.2) is 42.5 Å². The van der Waals surface area contributed by atoms with E-state index in [4.69, 9.17) is 11.6 Å². The van der Waals surface area contributed by atoms with E-state index in [0.29, 0.717) is 23.7 Å². The zero-order valence-corrected chi connectivity index (χ0v) is 14.0. The van der Waals surface area contributed by atoms with Crippen LogP contribution in [0.1, 0.15) is 17.5 Å². The van der Waals surface area contributed by atoms with Crippen molar-refractivity contribution >= 4 is 29.1 Å². The second-order valence-electron chi connectivity index (χ2n) is 5.41. The summed E-state index contributed by atoms with van der Waals surface area (Å²) in [6, 6.07) is 11.2. The lowest BCUT2D eigenvalue weighted by molar-refractivity contribution is -0.126. The third kappa shape index (κ3) is 5.66. The van der Waals surface area contributed by atoms with Crippen molar-refractivity contribution in [1.29, 1.82) is 0 Å². The minimum Gasteiger partial charge on any atom is -0.355 e. The Kier molecular flexibility index (Phi) is 6.32. The zero-order chi connectivity index (χ0) is 17.5. The van der Waals surface area contributed by atoms with Gasteiger partial charge in [0.15, 0.2) is 0 Å². The van der Waals surface area contributed by atoms with E-state index in [1.807, 2.05) is 6.92 Å². The van der Waals surface area contributed by atoms with Gasteiger partial charge in [0, 0.05) is 17.3 Å². The van der Waals surface area contributed by atoms with Crippen LogP contribution < -0.4 is 10.6 Å². The van der Waals surface area contributed by atoms with Crippen LogP contribution >= 0.6 is 11.6 Å². The normalized spacial score (nSPS) is 10.3. The molecule has 2 aromatic rings.